The van der Waals surface area contributed by atoms with E-state index < -0.39 is 0 Å². The molecule has 0 saturated carbocycles. The fourth-order valence-corrected chi connectivity index (χ4v) is 1.95. The average molecular weight is 209 g/mol. The molecule has 74 valence electrons. The van der Waals surface area contributed by atoms with Crippen molar-refractivity contribution in [3.05, 3.63) is 34.3 Å². The highest BCUT2D eigenvalue weighted by molar-refractivity contribution is 7.07. The Balaban J connectivity index is 2.08. The summed E-state index contributed by atoms with van der Waals surface area (Å²) in [5.41, 5.74) is 4.81. The number of thiophene rings is 1. The van der Waals surface area contributed by atoms with Crippen LogP contribution in [-0.4, -0.2) is 15.4 Å². The topological polar surface area (TPSA) is 79.6 Å². The third-order valence-corrected chi connectivity index (χ3v) is 2.74. The van der Waals surface area contributed by atoms with Crippen molar-refractivity contribution in [1.82, 2.24) is 20.8 Å². The number of nitrogens with two attached hydrogens (primary N) is 1. The van der Waals surface area contributed by atoms with Crippen molar-refractivity contribution >= 4 is 11.3 Å². The molecule has 14 heavy (non-hydrogen) atoms. The van der Waals surface area contributed by atoms with Crippen molar-refractivity contribution in [2.45, 2.75) is 12.5 Å². The quantitative estimate of drug-likeness (QED) is 0.509. The number of nitrogens with zero attached hydrogens (tertiary/aromatic N) is 2. The van der Waals surface area contributed by atoms with Crippen LogP contribution >= 0.6 is 11.3 Å². The van der Waals surface area contributed by atoms with Crippen molar-refractivity contribution in [3.8, 4) is 0 Å². The summed E-state index contributed by atoms with van der Waals surface area (Å²) in [5.74, 6) is 5.45. The monoisotopic (exact) mass is 209 g/mol. The van der Waals surface area contributed by atoms with Crippen molar-refractivity contribution in [2.24, 2.45) is 5.84 Å². The summed E-state index contributed by atoms with van der Waals surface area (Å²) in [6.45, 7) is 0. The van der Waals surface area contributed by atoms with Crippen molar-refractivity contribution in [2.75, 3.05) is 0 Å². The molecule has 0 bridgehead atoms. The lowest BCUT2D eigenvalue weighted by atomic mass is 10.1. The van der Waals surface area contributed by atoms with Gasteiger partial charge in [0.1, 0.15) is 5.69 Å². The van der Waals surface area contributed by atoms with E-state index in [-0.39, 0.29) is 6.04 Å². The van der Waals surface area contributed by atoms with Crippen molar-refractivity contribution < 1.29 is 0 Å². The molecule has 4 N–H and O–H groups in total. The summed E-state index contributed by atoms with van der Waals surface area (Å²) < 4.78 is 0. The molecule has 0 aliphatic carbocycles. The molecule has 0 amide bonds. The Kier molecular flexibility index (Phi) is 2.87. The van der Waals surface area contributed by atoms with Crippen LogP contribution in [0.3, 0.4) is 0 Å². The number of hydrogen-bond acceptors (Lipinski definition) is 5. The van der Waals surface area contributed by atoms with E-state index in [1.54, 1.807) is 17.5 Å². The number of nitrogens with one attached hydrogen (secondary N) is 2. The summed E-state index contributed by atoms with van der Waals surface area (Å²) in [6.07, 6.45) is 2.50. The Labute approximate surface area is 85.3 Å². The van der Waals surface area contributed by atoms with Gasteiger partial charge in [0, 0.05) is 0 Å². The molecule has 2 rings (SSSR count). The Morgan fingerprint density at radius 3 is 3.14 bits per heavy atom. The Morgan fingerprint density at radius 1 is 1.64 bits per heavy atom. The van der Waals surface area contributed by atoms with E-state index in [0.717, 1.165) is 12.1 Å². The first-order valence-corrected chi connectivity index (χ1v) is 5.17. The molecule has 5 nitrogen and oxygen atoms in total. The maximum atomic E-state index is 5.45. The van der Waals surface area contributed by atoms with Crippen LogP contribution in [0.25, 0.3) is 0 Å². The highest BCUT2D eigenvalue weighted by Gasteiger charge is 2.12. The zero-order valence-corrected chi connectivity index (χ0v) is 8.29. The maximum Gasteiger partial charge on any atom is 0.101 e. The number of H-pyrrole nitrogens is 1. The summed E-state index contributed by atoms with van der Waals surface area (Å²) in [5, 5.41) is 14.5. The lowest BCUT2D eigenvalue weighted by molar-refractivity contribution is 0.538. The van der Waals surface area contributed by atoms with Crippen LogP contribution in [0.4, 0.5) is 0 Å². The largest absolute Gasteiger partial charge is 0.271 e. The van der Waals surface area contributed by atoms with Crippen LogP contribution in [0.1, 0.15) is 17.3 Å². The first kappa shape index (κ1) is 9.32. The summed E-state index contributed by atoms with van der Waals surface area (Å²) in [4.78, 5) is 0. The fraction of sp³-hybridized carbons (Fsp3) is 0.250. The molecule has 0 spiro atoms. The molecule has 0 aliphatic heterocycles. The van der Waals surface area contributed by atoms with Crippen LogP contribution in [0.2, 0.25) is 0 Å². The van der Waals surface area contributed by atoms with Gasteiger partial charge in [-0.05, 0) is 28.8 Å². The Hall–Kier alpha value is -1.24. The minimum Gasteiger partial charge on any atom is -0.271 e. The van der Waals surface area contributed by atoms with Crippen LogP contribution < -0.4 is 11.3 Å². The smallest absolute Gasteiger partial charge is 0.101 e. The predicted molar refractivity (Wildman–Crippen MR) is 54.5 cm³/mol. The summed E-state index contributed by atoms with van der Waals surface area (Å²) in [7, 11) is 0. The molecule has 2 aromatic rings. The second-order valence-corrected chi connectivity index (χ2v) is 3.73. The SMILES string of the molecule is NNC(Cc1ccsc1)c1cn[nH]n1. The Morgan fingerprint density at radius 2 is 2.57 bits per heavy atom. The van der Waals surface area contributed by atoms with Crippen molar-refractivity contribution in [1.29, 1.82) is 0 Å². The van der Waals surface area contributed by atoms with E-state index in [9.17, 15) is 0 Å². The number of hydrazine groups is 1. The van der Waals surface area contributed by atoms with Gasteiger partial charge in [-0.1, -0.05) is 0 Å². The molecular formula is C8H11N5S. The molecule has 0 saturated heterocycles. The van der Waals surface area contributed by atoms with Gasteiger partial charge in [0.2, 0.25) is 0 Å². The molecule has 0 aromatic carbocycles. The number of hydrogen-bond donors (Lipinski definition) is 3. The fourth-order valence-electron chi connectivity index (χ4n) is 1.27. The standard InChI is InChI=1S/C8H11N5S/c9-11-7(8-4-10-13-12-8)3-6-1-2-14-5-6/h1-2,4-5,7,11H,3,9H2,(H,10,12,13). The molecule has 2 aromatic heterocycles. The normalized spacial score (nSPS) is 12.9. The molecule has 0 radical (unpaired) electrons. The first-order valence-electron chi connectivity index (χ1n) is 4.23. The number of aromatic nitrogens is 3. The van der Waals surface area contributed by atoms with Crippen molar-refractivity contribution in [3.63, 3.8) is 0 Å². The second kappa shape index (κ2) is 4.32. The van der Waals surface area contributed by atoms with E-state index in [0.29, 0.717) is 0 Å². The van der Waals surface area contributed by atoms with Gasteiger partial charge in [-0.2, -0.15) is 26.7 Å². The second-order valence-electron chi connectivity index (χ2n) is 2.95. The molecule has 0 aliphatic rings. The molecule has 1 unspecified atom stereocenters. The molecule has 1 atom stereocenters. The highest BCUT2D eigenvalue weighted by atomic mass is 32.1. The van der Waals surface area contributed by atoms with E-state index in [1.807, 2.05) is 5.38 Å². The van der Waals surface area contributed by atoms with Gasteiger partial charge in [0.15, 0.2) is 0 Å². The van der Waals surface area contributed by atoms with Gasteiger partial charge >= 0.3 is 0 Å². The third kappa shape index (κ3) is 1.98. The van der Waals surface area contributed by atoms with Crippen LogP contribution in [-0.2, 0) is 6.42 Å². The molecule has 0 fully saturated rings. The van der Waals surface area contributed by atoms with E-state index >= 15 is 0 Å². The summed E-state index contributed by atoms with van der Waals surface area (Å²) in [6, 6.07) is 2.10. The number of aromatic amines is 1. The molecule has 2 heterocycles. The van der Waals surface area contributed by atoms with Gasteiger partial charge < -0.3 is 0 Å². The lowest BCUT2D eigenvalue weighted by Crippen LogP contribution is -2.29. The van der Waals surface area contributed by atoms with E-state index in [1.165, 1.54) is 5.56 Å². The molecule has 6 heteroatoms. The maximum absolute atomic E-state index is 5.45. The minimum absolute atomic E-state index is 0.0170. The zero-order chi connectivity index (χ0) is 9.80. The van der Waals surface area contributed by atoms with Gasteiger partial charge in [-0.15, -0.1) is 0 Å². The van der Waals surface area contributed by atoms with Crippen LogP contribution in [0.15, 0.2) is 23.0 Å². The highest BCUT2D eigenvalue weighted by Crippen LogP contribution is 2.16. The van der Waals surface area contributed by atoms with Gasteiger partial charge in [-0.25, -0.2) is 0 Å². The van der Waals surface area contributed by atoms with E-state index in [2.05, 4.69) is 32.3 Å². The van der Waals surface area contributed by atoms with Gasteiger partial charge in [0.05, 0.1) is 12.2 Å². The minimum atomic E-state index is 0.0170. The lowest BCUT2D eigenvalue weighted by Gasteiger charge is -2.11. The Bertz CT molecular complexity index is 355. The first-order chi connectivity index (χ1) is 6.90. The van der Waals surface area contributed by atoms with Gasteiger partial charge in [-0.3, -0.25) is 11.3 Å². The summed E-state index contributed by atoms with van der Waals surface area (Å²) >= 11 is 1.68. The third-order valence-electron chi connectivity index (χ3n) is 2.01. The predicted octanol–water partition coefficient (Wildman–Crippen LogP) is 0.613. The van der Waals surface area contributed by atoms with Gasteiger partial charge in [0.25, 0.3) is 0 Å². The number of rotatable bonds is 4. The van der Waals surface area contributed by atoms with Crippen LogP contribution in [0.5, 0.6) is 0 Å². The molecular weight excluding hydrogens is 198 g/mol. The zero-order valence-electron chi connectivity index (χ0n) is 7.47. The van der Waals surface area contributed by atoms with Crippen LogP contribution in [0, 0.1) is 0 Å². The average Bonchev–Trinajstić information content (AvgIpc) is 2.86. The van der Waals surface area contributed by atoms with E-state index in [4.69, 9.17) is 5.84 Å².